The Labute approximate surface area is 106 Å². The fourth-order valence-electron chi connectivity index (χ4n) is 1.57. The predicted octanol–water partition coefficient (Wildman–Crippen LogP) is 3.02. The van der Waals surface area contributed by atoms with Crippen LogP contribution in [0.15, 0.2) is 36.7 Å². The maximum Gasteiger partial charge on any atom is 0.0790 e. The van der Waals surface area contributed by atoms with E-state index >= 15 is 0 Å². The van der Waals surface area contributed by atoms with Crippen LogP contribution in [0.5, 0.6) is 0 Å². The molecule has 0 saturated carbocycles. The minimum absolute atomic E-state index is 0.484. The van der Waals surface area contributed by atoms with E-state index in [0.717, 1.165) is 12.2 Å². The van der Waals surface area contributed by atoms with Gasteiger partial charge in [-0.25, -0.2) is 4.68 Å². The van der Waals surface area contributed by atoms with Crippen molar-refractivity contribution in [1.29, 1.82) is 0 Å². The van der Waals surface area contributed by atoms with Gasteiger partial charge in [-0.3, -0.25) is 0 Å². The minimum Gasteiger partial charge on any atom is -0.310 e. The van der Waals surface area contributed by atoms with Crippen LogP contribution in [0.2, 0.25) is 5.02 Å². The molecule has 1 aromatic heterocycles. The third kappa shape index (κ3) is 3.32. The molecule has 1 N–H and O–H groups in total. The van der Waals surface area contributed by atoms with Gasteiger partial charge in [0.2, 0.25) is 0 Å². The van der Waals surface area contributed by atoms with E-state index in [-0.39, 0.29) is 0 Å². The Morgan fingerprint density at radius 2 is 2.24 bits per heavy atom. The molecule has 2 aromatic rings. The molecule has 0 bridgehead atoms. The zero-order chi connectivity index (χ0) is 12.3. The first kappa shape index (κ1) is 12.1. The molecule has 0 radical (unpaired) electrons. The number of hydrogen-bond donors (Lipinski definition) is 1. The van der Waals surface area contributed by atoms with Gasteiger partial charge >= 0.3 is 0 Å². The Morgan fingerprint density at radius 1 is 1.41 bits per heavy atom. The van der Waals surface area contributed by atoms with Crippen molar-refractivity contribution in [2.45, 2.75) is 26.4 Å². The summed E-state index contributed by atoms with van der Waals surface area (Å²) in [5.41, 5.74) is 2.27. The highest BCUT2D eigenvalue weighted by Crippen LogP contribution is 2.13. The summed E-state index contributed by atoms with van der Waals surface area (Å²) in [5, 5.41) is 8.23. The molecule has 3 nitrogen and oxygen atoms in total. The van der Waals surface area contributed by atoms with E-state index in [2.05, 4.69) is 36.4 Å². The number of nitrogens with zero attached hydrogens (tertiary/aromatic N) is 2. The number of halogens is 1. The standard InChI is InChI=1S/C13H16ClN3/c1-10(2)15-7-11-4-3-5-13(6-11)17-9-12(14)8-16-17/h3-6,8-10,15H,7H2,1-2H3. The lowest BCUT2D eigenvalue weighted by molar-refractivity contribution is 0.588. The molecule has 0 fully saturated rings. The van der Waals surface area contributed by atoms with Gasteiger partial charge in [0.05, 0.1) is 16.9 Å². The summed E-state index contributed by atoms with van der Waals surface area (Å²) in [7, 11) is 0. The molecule has 0 aliphatic carbocycles. The number of nitrogens with one attached hydrogen (secondary N) is 1. The molecule has 0 unspecified atom stereocenters. The molecule has 0 saturated heterocycles. The molecule has 4 heteroatoms. The molecule has 0 aliphatic heterocycles. The monoisotopic (exact) mass is 249 g/mol. The van der Waals surface area contributed by atoms with Gasteiger partial charge in [-0.2, -0.15) is 5.10 Å². The lowest BCUT2D eigenvalue weighted by atomic mass is 10.2. The second-order valence-electron chi connectivity index (χ2n) is 4.31. The van der Waals surface area contributed by atoms with Crippen molar-refractivity contribution in [3.63, 3.8) is 0 Å². The number of aromatic nitrogens is 2. The van der Waals surface area contributed by atoms with Crippen LogP contribution in [0.4, 0.5) is 0 Å². The first-order chi connectivity index (χ1) is 8.15. The maximum atomic E-state index is 5.86. The summed E-state index contributed by atoms with van der Waals surface area (Å²) in [5.74, 6) is 0. The van der Waals surface area contributed by atoms with Crippen molar-refractivity contribution >= 4 is 11.6 Å². The highest BCUT2D eigenvalue weighted by molar-refractivity contribution is 6.30. The molecular formula is C13H16ClN3. The molecule has 0 spiro atoms. The summed E-state index contributed by atoms with van der Waals surface area (Å²) in [4.78, 5) is 0. The van der Waals surface area contributed by atoms with Crippen molar-refractivity contribution in [3.05, 3.63) is 47.2 Å². The molecule has 17 heavy (non-hydrogen) atoms. The summed E-state index contributed by atoms with van der Waals surface area (Å²) < 4.78 is 1.78. The van der Waals surface area contributed by atoms with Crippen molar-refractivity contribution in [1.82, 2.24) is 15.1 Å². The van der Waals surface area contributed by atoms with Crippen LogP contribution in [0.1, 0.15) is 19.4 Å². The van der Waals surface area contributed by atoms with E-state index in [4.69, 9.17) is 11.6 Å². The van der Waals surface area contributed by atoms with Crippen molar-refractivity contribution < 1.29 is 0 Å². The zero-order valence-electron chi connectivity index (χ0n) is 10.0. The molecule has 2 rings (SSSR count). The Bertz CT molecular complexity index is 491. The van der Waals surface area contributed by atoms with Crippen LogP contribution in [-0.4, -0.2) is 15.8 Å². The average Bonchev–Trinajstić information content (AvgIpc) is 2.74. The third-order valence-corrected chi connectivity index (χ3v) is 2.64. The van der Waals surface area contributed by atoms with Crippen LogP contribution >= 0.6 is 11.6 Å². The van der Waals surface area contributed by atoms with E-state index in [1.807, 2.05) is 12.1 Å². The SMILES string of the molecule is CC(C)NCc1cccc(-n2cc(Cl)cn2)c1. The van der Waals surface area contributed by atoms with Gasteiger partial charge in [0.25, 0.3) is 0 Å². The van der Waals surface area contributed by atoms with E-state index in [9.17, 15) is 0 Å². The van der Waals surface area contributed by atoms with Crippen molar-refractivity contribution in [2.75, 3.05) is 0 Å². The number of hydrogen-bond acceptors (Lipinski definition) is 2. The summed E-state index contributed by atoms with van der Waals surface area (Å²) in [6.45, 7) is 5.13. The molecule has 1 aromatic carbocycles. The Kier molecular flexibility index (Phi) is 3.82. The normalized spacial score (nSPS) is 11.1. The first-order valence-corrected chi connectivity index (χ1v) is 6.06. The molecule has 0 amide bonds. The summed E-state index contributed by atoms with van der Waals surface area (Å²) in [6, 6.07) is 8.74. The van der Waals surface area contributed by atoms with E-state index < -0.39 is 0 Å². The lowest BCUT2D eigenvalue weighted by Crippen LogP contribution is -2.21. The van der Waals surface area contributed by atoms with Crippen LogP contribution in [0.25, 0.3) is 5.69 Å². The molecule has 1 heterocycles. The van der Waals surface area contributed by atoms with Gasteiger partial charge in [-0.15, -0.1) is 0 Å². The third-order valence-electron chi connectivity index (χ3n) is 2.44. The van der Waals surface area contributed by atoms with Gasteiger partial charge in [0.1, 0.15) is 0 Å². The maximum absolute atomic E-state index is 5.86. The summed E-state index contributed by atoms with van der Waals surface area (Å²) >= 11 is 5.86. The van der Waals surface area contributed by atoms with Gasteiger partial charge in [-0.05, 0) is 17.7 Å². The van der Waals surface area contributed by atoms with Crippen molar-refractivity contribution in [2.24, 2.45) is 0 Å². The smallest absolute Gasteiger partial charge is 0.0790 e. The highest BCUT2D eigenvalue weighted by Gasteiger charge is 2.01. The van der Waals surface area contributed by atoms with Crippen LogP contribution in [-0.2, 0) is 6.54 Å². The quantitative estimate of drug-likeness (QED) is 0.903. The average molecular weight is 250 g/mol. The van der Waals surface area contributed by atoms with Crippen LogP contribution < -0.4 is 5.32 Å². The number of benzene rings is 1. The first-order valence-electron chi connectivity index (χ1n) is 5.68. The lowest BCUT2D eigenvalue weighted by Gasteiger charge is -2.09. The fraction of sp³-hybridized carbons (Fsp3) is 0.308. The minimum atomic E-state index is 0.484. The van der Waals surface area contributed by atoms with Gasteiger partial charge < -0.3 is 5.32 Å². The van der Waals surface area contributed by atoms with Gasteiger partial charge in [-0.1, -0.05) is 37.6 Å². The highest BCUT2D eigenvalue weighted by atomic mass is 35.5. The molecule has 0 atom stereocenters. The van der Waals surface area contributed by atoms with Crippen LogP contribution in [0.3, 0.4) is 0 Å². The number of rotatable bonds is 4. The van der Waals surface area contributed by atoms with E-state index in [1.165, 1.54) is 5.56 Å². The second kappa shape index (κ2) is 5.34. The largest absolute Gasteiger partial charge is 0.310 e. The second-order valence-corrected chi connectivity index (χ2v) is 4.75. The van der Waals surface area contributed by atoms with E-state index in [0.29, 0.717) is 11.1 Å². The molecule has 0 aliphatic rings. The molecule has 90 valence electrons. The van der Waals surface area contributed by atoms with Crippen molar-refractivity contribution in [3.8, 4) is 5.69 Å². The zero-order valence-corrected chi connectivity index (χ0v) is 10.8. The van der Waals surface area contributed by atoms with Gasteiger partial charge in [0, 0.05) is 18.8 Å². The summed E-state index contributed by atoms with van der Waals surface area (Å²) in [6.07, 6.45) is 3.44. The van der Waals surface area contributed by atoms with Gasteiger partial charge in [0.15, 0.2) is 0 Å². The topological polar surface area (TPSA) is 29.9 Å². The molecular weight excluding hydrogens is 234 g/mol. The fourth-order valence-corrected chi connectivity index (χ4v) is 1.71. The Morgan fingerprint density at radius 3 is 2.88 bits per heavy atom. The Hall–Kier alpha value is -1.32. The van der Waals surface area contributed by atoms with Crippen LogP contribution in [0, 0.1) is 0 Å². The Balaban J connectivity index is 2.16. The van der Waals surface area contributed by atoms with E-state index in [1.54, 1.807) is 17.1 Å². The predicted molar refractivity (Wildman–Crippen MR) is 70.5 cm³/mol.